The molecule has 1 aliphatic heterocycles. The highest BCUT2D eigenvalue weighted by Gasteiger charge is 2.21. The molecule has 1 saturated heterocycles. The highest BCUT2D eigenvalue weighted by atomic mass is 19.1. The lowest BCUT2D eigenvalue weighted by Crippen LogP contribution is -2.46. The molecule has 0 radical (unpaired) electrons. The first-order valence-corrected chi connectivity index (χ1v) is 8.01. The SMILES string of the molecule is COC(=O)c1ccc(N2CCN(c3ccc(F)cc3)CC2)nc1OC. The fraction of sp³-hybridized carbons (Fsp3) is 0.333. The van der Waals surface area contributed by atoms with E-state index in [9.17, 15) is 9.18 Å². The van der Waals surface area contributed by atoms with Gasteiger partial charge in [0.05, 0.1) is 14.2 Å². The van der Waals surface area contributed by atoms with Crippen LogP contribution in [0.3, 0.4) is 0 Å². The van der Waals surface area contributed by atoms with Crippen molar-refractivity contribution < 1.29 is 18.7 Å². The van der Waals surface area contributed by atoms with Gasteiger partial charge < -0.3 is 19.3 Å². The van der Waals surface area contributed by atoms with Gasteiger partial charge in [0.2, 0.25) is 5.88 Å². The zero-order valence-corrected chi connectivity index (χ0v) is 14.2. The zero-order chi connectivity index (χ0) is 17.8. The molecule has 1 aromatic carbocycles. The van der Waals surface area contributed by atoms with Crippen molar-refractivity contribution in [3.8, 4) is 5.88 Å². The van der Waals surface area contributed by atoms with Crippen LogP contribution in [0.25, 0.3) is 0 Å². The smallest absolute Gasteiger partial charge is 0.343 e. The number of ether oxygens (including phenoxy) is 2. The second-order valence-corrected chi connectivity index (χ2v) is 5.67. The maximum atomic E-state index is 13.0. The van der Waals surface area contributed by atoms with Crippen LogP contribution >= 0.6 is 0 Å². The Morgan fingerprint density at radius 3 is 2.24 bits per heavy atom. The van der Waals surface area contributed by atoms with E-state index in [0.29, 0.717) is 5.56 Å². The van der Waals surface area contributed by atoms with Crippen LogP contribution in [-0.2, 0) is 4.74 Å². The average molecular weight is 345 g/mol. The second-order valence-electron chi connectivity index (χ2n) is 5.67. The number of hydrogen-bond acceptors (Lipinski definition) is 6. The molecule has 132 valence electrons. The van der Waals surface area contributed by atoms with Crippen LogP contribution in [0.2, 0.25) is 0 Å². The van der Waals surface area contributed by atoms with Crippen LogP contribution in [0.4, 0.5) is 15.9 Å². The van der Waals surface area contributed by atoms with Crippen molar-refractivity contribution in [1.82, 2.24) is 4.98 Å². The Labute approximate surface area is 145 Å². The van der Waals surface area contributed by atoms with Gasteiger partial charge in [0, 0.05) is 31.9 Å². The van der Waals surface area contributed by atoms with E-state index < -0.39 is 5.97 Å². The van der Waals surface area contributed by atoms with Crippen molar-refractivity contribution in [2.24, 2.45) is 0 Å². The van der Waals surface area contributed by atoms with Gasteiger partial charge in [-0.2, -0.15) is 4.98 Å². The minimum absolute atomic E-state index is 0.232. The van der Waals surface area contributed by atoms with Gasteiger partial charge in [0.15, 0.2) is 0 Å². The lowest BCUT2D eigenvalue weighted by Gasteiger charge is -2.36. The van der Waals surface area contributed by atoms with Crippen LogP contribution in [-0.4, -0.2) is 51.4 Å². The Hall–Kier alpha value is -2.83. The number of pyridine rings is 1. The third-order valence-corrected chi connectivity index (χ3v) is 4.24. The standard InChI is InChI=1S/C18H20FN3O3/c1-24-17-15(18(23)25-2)7-8-16(20-17)22-11-9-21(10-12-22)14-5-3-13(19)4-6-14/h3-8H,9-12H2,1-2H3. The summed E-state index contributed by atoms with van der Waals surface area (Å²) < 4.78 is 23.0. The van der Waals surface area contributed by atoms with Gasteiger partial charge in [-0.15, -0.1) is 0 Å². The normalized spacial score (nSPS) is 14.4. The summed E-state index contributed by atoms with van der Waals surface area (Å²) in [5.41, 5.74) is 1.31. The summed E-state index contributed by atoms with van der Waals surface area (Å²) in [6.45, 7) is 3.14. The van der Waals surface area contributed by atoms with Gasteiger partial charge >= 0.3 is 5.97 Å². The first-order valence-electron chi connectivity index (χ1n) is 8.01. The summed E-state index contributed by atoms with van der Waals surface area (Å²) in [6.07, 6.45) is 0. The molecule has 0 bridgehead atoms. The third-order valence-electron chi connectivity index (χ3n) is 4.24. The fourth-order valence-electron chi connectivity index (χ4n) is 2.87. The van der Waals surface area contributed by atoms with Gasteiger partial charge in [0.1, 0.15) is 17.2 Å². The van der Waals surface area contributed by atoms with Crippen LogP contribution in [0.5, 0.6) is 5.88 Å². The van der Waals surface area contributed by atoms with E-state index in [0.717, 1.165) is 37.7 Å². The van der Waals surface area contributed by atoms with E-state index in [1.54, 1.807) is 24.3 Å². The molecule has 2 heterocycles. The lowest BCUT2D eigenvalue weighted by atomic mass is 10.2. The van der Waals surface area contributed by atoms with E-state index in [4.69, 9.17) is 9.47 Å². The number of methoxy groups -OCH3 is 2. The number of piperazine rings is 1. The number of esters is 1. The Balaban J connectivity index is 1.70. The number of halogens is 1. The number of hydrogen-bond donors (Lipinski definition) is 0. The van der Waals surface area contributed by atoms with Crippen molar-refractivity contribution in [3.05, 3.63) is 47.8 Å². The van der Waals surface area contributed by atoms with Gasteiger partial charge in [-0.3, -0.25) is 0 Å². The van der Waals surface area contributed by atoms with E-state index in [1.165, 1.54) is 26.4 Å². The van der Waals surface area contributed by atoms with Crippen LogP contribution in [0.1, 0.15) is 10.4 Å². The number of aromatic nitrogens is 1. The quantitative estimate of drug-likeness (QED) is 0.793. The molecule has 0 unspecified atom stereocenters. The maximum absolute atomic E-state index is 13.0. The van der Waals surface area contributed by atoms with Gasteiger partial charge in [-0.25, -0.2) is 9.18 Å². The molecule has 25 heavy (non-hydrogen) atoms. The minimum Gasteiger partial charge on any atom is -0.480 e. The molecule has 1 aliphatic rings. The van der Waals surface area contributed by atoms with Crippen molar-refractivity contribution in [1.29, 1.82) is 0 Å². The summed E-state index contributed by atoms with van der Waals surface area (Å²) in [5, 5.41) is 0. The Morgan fingerprint density at radius 1 is 1.00 bits per heavy atom. The first-order chi connectivity index (χ1) is 12.1. The molecule has 1 aromatic heterocycles. The summed E-state index contributed by atoms with van der Waals surface area (Å²) in [5.74, 6) is 0.301. The molecule has 0 aliphatic carbocycles. The number of carbonyl (C=O) groups is 1. The highest BCUT2D eigenvalue weighted by Crippen LogP contribution is 2.24. The number of anilines is 2. The largest absolute Gasteiger partial charge is 0.480 e. The molecular formula is C18H20FN3O3. The third kappa shape index (κ3) is 3.65. The molecule has 3 rings (SSSR count). The number of benzene rings is 1. The van der Waals surface area contributed by atoms with Crippen LogP contribution in [0, 0.1) is 5.82 Å². The Kier molecular flexibility index (Phi) is 5.02. The molecule has 7 heteroatoms. The summed E-state index contributed by atoms with van der Waals surface area (Å²) in [7, 11) is 2.80. The Bertz CT molecular complexity index is 744. The molecule has 2 aromatic rings. The molecule has 0 atom stereocenters. The summed E-state index contributed by atoms with van der Waals surface area (Å²) in [6, 6.07) is 9.98. The van der Waals surface area contributed by atoms with Gasteiger partial charge in [-0.05, 0) is 36.4 Å². The number of carbonyl (C=O) groups excluding carboxylic acids is 1. The van der Waals surface area contributed by atoms with Crippen LogP contribution in [0.15, 0.2) is 36.4 Å². The van der Waals surface area contributed by atoms with E-state index in [-0.39, 0.29) is 11.7 Å². The minimum atomic E-state index is -0.475. The molecule has 0 spiro atoms. The van der Waals surface area contributed by atoms with Crippen molar-refractivity contribution in [2.75, 3.05) is 50.2 Å². The van der Waals surface area contributed by atoms with Gasteiger partial charge in [0.25, 0.3) is 0 Å². The molecule has 1 fully saturated rings. The van der Waals surface area contributed by atoms with Crippen LogP contribution < -0.4 is 14.5 Å². The van der Waals surface area contributed by atoms with Crippen molar-refractivity contribution >= 4 is 17.5 Å². The average Bonchev–Trinajstić information content (AvgIpc) is 2.67. The predicted octanol–water partition coefficient (Wildman–Crippen LogP) is 2.34. The topological polar surface area (TPSA) is 54.9 Å². The predicted molar refractivity (Wildman–Crippen MR) is 93.0 cm³/mol. The number of nitrogens with zero attached hydrogens (tertiary/aromatic N) is 3. The maximum Gasteiger partial charge on any atom is 0.343 e. The summed E-state index contributed by atoms with van der Waals surface area (Å²) >= 11 is 0. The lowest BCUT2D eigenvalue weighted by molar-refractivity contribution is 0.0596. The fourth-order valence-corrected chi connectivity index (χ4v) is 2.87. The first kappa shape index (κ1) is 17.0. The molecular weight excluding hydrogens is 325 g/mol. The van der Waals surface area contributed by atoms with E-state index >= 15 is 0 Å². The van der Waals surface area contributed by atoms with Gasteiger partial charge in [-0.1, -0.05) is 0 Å². The summed E-state index contributed by atoms with van der Waals surface area (Å²) in [4.78, 5) is 20.5. The molecule has 0 N–H and O–H groups in total. The molecule has 0 amide bonds. The number of rotatable bonds is 4. The molecule has 6 nitrogen and oxygen atoms in total. The molecule has 0 saturated carbocycles. The second kappa shape index (κ2) is 7.38. The van der Waals surface area contributed by atoms with Crippen molar-refractivity contribution in [2.45, 2.75) is 0 Å². The zero-order valence-electron chi connectivity index (χ0n) is 14.2. The van der Waals surface area contributed by atoms with E-state index in [1.807, 2.05) is 0 Å². The Morgan fingerprint density at radius 2 is 1.64 bits per heavy atom. The van der Waals surface area contributed by atoms with E-state index in [2.05, 4.69) is 14.8 Å². The highest BCUT2D eigenvalue weighted by molar-refractivity contribution is 5.92. The monoisotopic (exact) mass is 345 g/mol. The van der Waals surface area contributed by atoms with Crippen molar-refractivity contribution in [3.63, 3.8) is 0 Å².